The first-order valence-corrected chi connectivity index (χ1v) is 7.46. The molecule has 6 nitrogen and oxygen atoms in total. The Balaban J connectivity index is 2.23. The Kier molecular flexibility index (Phi) is 5.61. The summed E-state index contributed by atoms with van der Waals surface area (Å²) in [6, 6.07) is 6.75. The molecule has 0 bridgehead atoms. The Morgan fingerprint density at radius 2 is 1.81 bits per heavy atom. The van der Waals surface area contributed by atoms with E-state index in [1.165, 1.54) is 6.07 Å². The fourth-order valence-corrected chi connectivity index (χ4v) is 2.42. The number of anilines is 2. The van der Waals surface area contributed by atoms with Crippen molar-refractivity contribution in [3.05, 3.63) is 52.5 Å². The number of ether oxygens (including phenoxy) is 1. The normalized spacial score (nSPS) is 11.0. The van der Waals surface area contributed by atoms with Crippen LogP contribution in [0, 0.1) is 6.92 Å². The fourth-order valence-electron chi connectivity index (χ4n) is 2.13. The molecule has 2 aromatic carbocycles. The lowest BCUT2D eigenvalue weighted by Gasteiger charge is -2.14. The Labute approximate surface area is 151 Å². The zero-order valence-corrected chi connectivity index (χ0v) is 14.0. The van der Waals surface area contributed by atoms with E-state index in [2.05, 4.69) is 15.4 Å². The molecule has 0 aliphatic rings. The number of carbonyl (C=O) groups excluding carboxylic acids is 2. The number of rotatable bonds is 4. The van der Waals surface area contributed by atoms with Crippen molar-refractivity contribution < 1.29 is 27.5 Å². The molecule has 0 unspecified atom stereocenters. The monoisotopic (exact) mass is 387 g/mol. The standard InChI is InChI=1S/C16H13ClF3N3O3/c1-8-4-9(17)6-10(5-8)22-15(25)23-13-7-11(26-16(18,19)20)2-3-12(13)14(21)24/h2-7H,1H3,(H2,21,24)(H2,22,23,25). The Bertz CT molecular complexity index is 836. The van der Waals surface area contributed by atoms with E-state index in [1.54, 1.807) is 19.1 Å². The zero-order chi connectivity index (χ0) is 19.5. The minimum absolute atomic E-state index is 0.183. The summed E-state index contributed by atoms with van der Waals surface area (Å²) >= 11 is 5.89. The van der Waals surface area contributed by atoms with Gasteiger partial charge in [-0.15, -0.1) is 13.2 Å². The van der Waals surface area contributed by atoms with Crippen molar-refractivity contribution in [2.45, 2.75) is 13.3 Å². The van der Waals surface area contributed by atoms with Gasteiger partial charge in [-0.05, 0) is 42.8 Å². The van der Waals surface area contributed by atoms with Gasteiger partial charge in [0.05, 0.1) is 11.3 Å². The van der Waals surface area contributed by atoms with E-state index in [0.29, 0.717) is 10.7 Å². The molecule has 0 spiro atoms. The molecular formula is C16H13ClF3N3O3. The average Bonchev–Trinajstić information content (AvgIpc) is 2.43. The van der Waals surface area contributed by atoms with Crippen molar-refractivity contribution in [3.63, 3.8) is 0 Å². The summed E-state index contributed by atoms with van der Waals surface area (Å²) in [5.41, 5.74) is 5.89. The SMILES string of the molecule is Cc1cc(Cl)cc(NC(=O)Nc2cc(OC(F)(F)F)ccc2C(N)=O)c1. The molecule has 3 amide bonds. The maximum Gasteiger partial charge on any atom is 0.573 e. The van der Waals surface area contributed by atoms with Gasteiger partial charge in [0.25, 0.3) is 5.91 Å². The molecular weight excluding hydrogens is 375 g/mol. The molecule has 138 valence electrons. The lowest BCUT2D eigenvalue weighted by atomic mass is 10.1. The lowest BCUT2D eigenvalue weighted by Crippen LogP contribution is -2.23. The van der Waals surface area contributed by atoms with E-state index < -0.39 is 24.1 Å². The van der Waals surface area contributed by atoms with Crippen molar-refractivity contribution >= 4 is 34.9 Å². The third-order valence-corrected chi connectivity index (χ3v) is 3.26. The molecule has 0 aromatic heterocycles. The first-order valence-electron chi connectivity index (χ1n) is 7.08. The highest BCUT2D eigenvalue weighted by Gasteiger charge is 2.31. The number of amides is 3. The van der Waals surface area contributed by atoms with E-state index >= 15 is 0 Å². The number of nitrogens with two attached hydrogens (primary N) is 1. The second-order valence-corrected chi connectivity index (χ2v) is 5.65. The Hall–Kier alpha value is -2.94. The summed E-state index contributed by atoms with van der Waals surface area (Å²) in [6.45, 7) is 1.76. The van der Waals surface area contributed by atoms with Crippen molar-refractivity contribution in [1.82, 2.24) is 0 Å². The number of carbonyl (C=O) groups is 2. The molecule has 0 saturated heterocycles. The van der Waals surface area contributed by atoms with Crippen molar-refractivity contribution in [3.8, 4) is 5.75 Å². The highest BCUT2D eigenvalue weighted by atomic mass is 35.5. The largest absolute Gasteiger partial charge is 0.573 e. The van der Waals surface area contributed by atoms with Gasteiger partial charge >= 0.3 is 12.4 Å². The first-order chi connectivity index (χ1) is 12.0. The molecule has 0 saturated carbocycles. The summed E-state index contributed by atoms with van der Waals surface area (Å²) in [6.07, 6.45) is -4.92. The molecule has 0 atom stereocenters. The Morgan fingerprint density at radius 1 is 1.12 bits per heavy atom. The lowest BCUT2D eigenvalue weighted by molar-refractivity contribution is -0.274. The van der Waals surface area contributed by atoms with Gasteiger partial charge in [-0.3, -0.25) is 4.79 Å². The maximum absolute atomic E-state index is 12.3. The van der Waals surface area contributed by atoms with Gasteiger partial charge in [-0.1, -0.05) is 11.6 Å². The fraction of sp³-hybridized carbons (Fsp3) is 0.125. The number of benzene rings is 2. The number of hydrogen-bond acceptors (Lipinski definition) is 3. The van der Waals surface area contributed by atoms with Gasteiger partial charge < -0.3 is 21.1 Å². The van der Waals surface area contributed by atoms with Gasteiger partial charge in [-0.25, -0.2) is 4.79 Å². The van der Waals surface area contributed by atoms with Crippen LogP contribution in [-0.4, -0.2) is 18.3 Å². The third kappa shape index (κ3) is 5.55. The molecule has 0 heterocycles. The summed E-state index contributed by atoms with van der Waals surface area (Å²) in [5.74, 6) is -1.55. The second-order valence-electron chi connectivity index (χ2n) is 5.22. The molecule has 0 radical (unpaired) electrons. The molecule has 26 heavy (non-hydrogen) atoms. The number of nitrogens with one attached hydrogen (secondary N) is 2. The molecule has 0 aliphatic carbocycles. The summed E-state index contributed by atoms with van der Waals surface area (Å²) in [5, 5.41) is 5.11. The average molecular weight is 388 g/mol. The zero-order valence-electron chi connectivity index (χ0n) is 13.3. The number of primary amides is 1. The number of urea groups is 1. The highest BCUT2D eigenvalue weighted by molar-refractivity contribution is 6.31. The van der Waals surface area contributed by atoms with E-state index in [0.717, 1.165) is 23.8 Å². The smallest absolute Gasteiger partial charge is 0.406 e. The summed E-state index contributed by atoms with van der Waals surface area (Å²) in [4.78, 5) is 23.5. The number of alkyl halides is 3. The van der Waals surface area contributed by atoms with Crippen LogP contribution in [0.5, 0.6) is 5.75 Å². The second kappa shape index (κ2) is 7.52. The van der Waals surface area contributed by atoms with Gasteiger partial charge in [0.1, 0.15) is 5.75 Å². The maximum atomic E-state index is 12.3. The van der Waals surface area contributed by atoms with Crippen LogP contribution in [0.15, 0.2) is 36.4 Å². The Morgan fingerprint density at radius 3 is 2.38 bits per heavy atom. The van der Waals surface area contributed by atoms with Gasteiger partial charge in [-0.2, -0.15) is 0 Å². The number of hydrogen-bond donors (Lipinski definition) is 3. The number of aryl methyl sites for hydroxylation is 1. The predicted molar refractivity (Wildman–Crippen MR) is 90.5 cm³/mol. The van der Waals surface area contributed by atoms with Crippen LogP contribution < -0.4 is 21.1 Å². The van der Waals surface area contributed by atoms with Crippen molar-refractivity contribution in [1.29, 1.82) is 0 Å². The summed E-state index contributed by atoms with van der Waals surface area (Å²) < 4.78 is 40.8. The van der Waals surface area contributed by atoms with Crippen LogP contribution >= 0.6 is 11.6 Å². The minimum atomic E-state index is -4.92. The van der Waals surface area contributed by atoms with Crippen LogP contribution in [0.4, 0.5) is 29.3 Å². The molecule has 2 rings (SSSR count). The number of halogens is 4. The van der Waals surface area contributed by atoms with Crippen LogP contribution in [0.3, 0.4) is 0 Å². The third-order valence-electron chi connectivity index (χ3n) is 3.04. The topological polar surface area (TPSA) is 93.4 Å². The first kappa shape index (κ1) is 19.4. The highest BCUT2D eigenvalue weighted by Crippen LogP contribution is 2.28. The van der Waals surface area contributed by atoms with Gasteiger partial charge in [0, 0.05) is 16.8 Å². The molecule has 10 heteroatoms. The van der Waals surface area contributed by atoms with Gasteiger partial charge in [0.15, 0.2) is 0 Å². The molecule has 4 N–H and O–H groups in total. The van der Waals surface area contributed by atoms with Crippen molar-refractivity contribution in [2.75, 3.05) is 10.6 Å². The van der Waals surface area contributed by atoms with Crippen LogP contribution in [0.1, 0.15) is 15.9 Å². The van der Waals surface area contributed by atoms with E-state index in [4.69, 9.17) is 17.3 Å². The van der Waals surface area contributed by atoms with Gasteiger partial charge in [0.2, 0.25) is 0 Å². The van der Waals surface area contributed by atoms with Crippen LogP contribution in [0.2, 0.25) is 5.02 Å². The van der Waals surface area contributed by atoms with E-state index in [1.807, 2.05) is 0 Å². The van der Waals surface area contributed by atoms with E-state index in [-0.39, 0.29) is 11.3 Å². The van der Waals surface area contributed by atoms with Crippen LogP contribution in [-0.2, 0) is 0 Å². The molecule has 0 fully saturated rings. The minimum Gasteiger partial charge on any atom is -0.406 e. The molecule has 0 aliphatic heterocycles. The summed E-state index contributed by atoms with van der Waals surface area (Å²) in [7, 11) is 0. The predicted octanol–water partition coefficient (Wildman–Crippen LogP) is 4.29. The molecule has 2 aromatic rings. The van der Waals surface area contributed by atoms with E-state index in [9.17, 15) is 22.8 Å². The van der Waals surface area contributed by atoms with Crippen molar-refractivity contribution in [2.24, 2.45) is 5.73 Å². The van der Waals surface area contributed by atoms with Crippen LogP contribution in [0.25, 0.3) is 0 Å². The quantitative estimate of drug-likeness (QED) is 0.730.